The number of nitrogens with one attached hydrogen (secondary N) is 2. The van der Waals surface area contributed by atoms with Crippen molar-refractivity contribution >= 4 is 57.6 Å². The Labute approximate surface area is 225 Å². The van der Waals surface area contributed by atoms with Gasteiger partial charge in [0.25, 0.3) is 11.8 Å². The molecule has 2 fully saturated rings. The van der Waals surface area contributed by atoms with Crippen molar-refractivity contribution in [2.45, 2.75) is 24.9 Å². The Balaban J connectivity index is 1.33. The highest BCUT2D eigenvalue weighted by atomic mass is 35.5. The highest BCUT2D eigenvalue weighted by Gasteiger charge is 2.51. The molecule has 2 N–H and O–H groups in total. The van der Waals surface area contributed by atoms with Crippen molar-refractivity contribution in [3.05, 3.63) is 59.2 Å². The van der Waals surface area contributed by atoms with Crippen molar-refractivity contribution < 1.29 is 19.2 Å². The Morgan fingerprint density at radius 3 is 2.55 bits per heavy atom. The van der Waals surface area contributed by atoms with Crippen LogP contribution in [0.1, 0.15) is 23.2 Å². The van der Waals surface area contributed by atoms with Crippen LogP contribution >= 0.6 is 11.6 Å². The third-order valence-corrected chi connectivity index (χ3v) is 7.38. The molecular formula is C27H29ClN6O4. The van der Waals surface area contributed by atoms with E-state index in [2.05, 4.69) is 10.3 Å². The number of aromatic nitrogens is 1. The first-order valence-corrected chi connectivity index (χ1v) is 12.8. The molecule has 2 aliphatic rings. The fourth-order valence-electron chi connectivity index (χ4n) is 5.09. The summed E-state index contributed by atoms with van der Waals surface area (Å²) >= 11 is 6.14. The molecule has 0 radical (unpaired) electrons. The summed E-state index contributed by atoms with van der Waals surface area (Å²) in [6.45, 7) is 0.697. The molecule has 10 nitrogen and oxygen atoms in total. The maximum absolute atomic E-state index is 13.5. The number of anilines is 2. The van der Waals surface area contributed by atoms with Crippen LogP contribution < -0.4 is 15.1 Å². The Kier molecular flexibility index (Phi) is 6.85. The Morgan fingerprint density at radius 1 is 1.11 bits per heavy atom. The largest absolute Gasteiger partial charge is 0.360 e. The van der Waals surface area contributed by atoms with E-state index in [0.717, 1.165) is 15.8 Å². The molecule has 5 rings (SSSR count). The van der Waals surface area contributed by atoms with Crippen molar-refractivity contribution in [2.75, 3.05) is 44.0 Å². The number of hydrogen-bond donors (Lipinski definition) is 2. The van der Waals surface area contributed by atoms with E-state index in [1.54, 1.807) is 60.6 Å². The normalized spacial score (nSPS) is 19.3. The SMILES string of the molecule is CN(C)CC(=O)N(C)c1ccc(N2C(=O)[C@@H]3[C@H](NC(=O)c4ccc5c(Cl)c[nH]c5c4)CCCN3C2=O)cc1. The van der Waals surface area contributed by atoms with E-state index in [4.69, 9.17) is 11.6 Å². The minimum absolute atomic E-state index is 0.0784. The van der Waals surface area contributed by atoms with Gasteiger partial charge in [-0.2, -0.15) is 0 Å². The molecular weight excluding hydrogens is 508 g/mol. The highest BCUT2D eigenvalue weighted by Crippen LogP contribution is 2.32. The van der Waals surface area contributed by atoms with Gasteiger partial charge in [-0.25, -0.2) is 9.69 Å². The number of aromatic amines is 1. The van der Waals surface area contributed by atoms with Gasteiger partial charge in [-0.15, -0.1) is 0 Å². The van der Waals surface area contributed by atoms with Crippen LogP contribution in [0.5, 0.6) is 0 Å². The molecule has 11 heteroatoms. The van der Waals surface area contributed by atoms with Gasteiger partial charge in [0.2, 0.25) is 5.91 Å². The first kappa shape index (κ1) is 25.7. The molecule has 2 aliphatic heterocycles. The maximum Gasteiger partial charge on any atom is 0.332 e. The lowest BCUT2D eigenvalue weighted by molar-refractivity contribution is -0.121. The summed E-state index contributed by atoms with van der Waals surface area (Å²) in [4.78, 5) is 61.3. The summed E-state index contributed by atoms with van der Waals surface area (Å²) in [5.74, 6) is -0.778. The van der Waals surface area contributed by atoms with Gasteiger partial charge in [-0.05, 0) is 63.3 Å². The zero-order chi connectivity index (χ0) is 27.1. The number of urea groups is 1. The number of likely N-dealkylation sites (N-methyl/N-ethyl adjacent to an activating group) is 2. The molecule has 2 saturated heterocycles. The smallest absolute Gasteiger partial charge is 0.332 e. The summed E-state index contributed by atoms with van der Waals surface area (Å²) in [7, 11) is 5.32. The molecule has 0 aliphatic carbocycles. The number of H-pyrrole nitrogens is 1. The third-order valence-electron chi connectivity index (χ3n) is 7.07. The fourth-order valence-corrected chi connectivity index (χ4v) is 5.31. The van der Waals surface area contributed by atoms with E-state index in [1.165, 1.54) is 9.80 Å². The number of halogens is 1. The number of rotatable bonds is 6. The Hall–Kier alpha value is -3.89. The van der Waals surface area contributed by atoms with Gasteiger partial charge < -0.3 is 25.0 Å². The second kappa shape index (κ2) is 10.1. The first-order valence-electron chi connectivity index (χ1n) is 12.4. The molecule has 0 saturated carbocycles. The number of imide groups is 1. The average molecular weight is 537 g/mol. The Morgan fingerprint density at radius 2 is 1.84 bits per heavy atom. The van der Waals surface area contributed by atoms with Crippen LogP contribution in [0.25, 0.3) is 10.9 Å². The number of piperidine rings is 1. The number of benzene rings is 2. The van der Waals surface area contributed by atoms with Gasteiger partial charge in [0.05, 0.1) is 23.3 Å². The van der Waals surface area contributed by atoms with Gasteiger partial charge in [0.15, 0.2) is 0 Å². The summed E-state index contributed by atoms with van der Waals surface area (Å²) < 4.78 is 0. The van der Waals surface area contributed by atoms with Gasteiger partial charge in [0.1, 0.15) is 6.04 Å². The molecule has 38 heavy (non-hydrogen) atoms. The van der Waals surface area contributed by atoms with E-state index < -0.39 is 18.1 Å². The predicted octanol–water partition coefficient (Wildman–Crippen LogP) is 3.08. The topological polar surface area (TPSA) is 109 Å². The van der Waals surface area contributed by atoms with Crippen LogP contribution in [0, 0.1) is 0 Å². The maximum atomic E-state index is 13.5. The predicted molar refractivity (Wildman–Crippen MR) is 146 cm³/mol. The lowest BCUT2D eigenvalue weighted by atomic mass is 9.96. The molecule has 1 aromatic heterocycles. The number of carbonyl (C=O) groups excluding carboxylic acids is 4. The summed E-state index contributed by atoms with van der Waals surface area (Å²) in [6.07, 6.45) is 2.90. The molecule has 3 heterocycles. The van der Waals surface area contributed by atoms with Crippen molar-refractivity contribution in [3.63, 3.8) is 0 Å². The van der Waals surface area contributed by atoms with E-state index in [-0.39, 0.29) is 24.3 Å². The number of nitrogens with zero attached hydrogens (tertiary/aromatic N) is 4. The van der Waals surface area contributed by atoms with Gasteiger partial charge in [-0.1, -0.05) is 17.7 Å². The van der Waals surface area contributed by atoms with Gasteiger partial charge >= 0.3 is 6.03 Å². The van der Waals surface area contributed by atoms with Crippen molar-refractivity contribution in [1.82, 2.24) is 20.1 Å². The second-order valence-electron chi connectivity index (χ2n) is 9.92. The number of hydrogen-bond acceptors (Lipinski definition) is 5. The monoisotopic (exact) mass is 536 g/mol. The van der Waals surface area contributed by atoms with Crippen LogP contribution in [0.4, 0.5) is 16.2 Å². The fraction of sp³-hybridized carbons (Fsp3) is 0.333. The van der Waals surface area contributed by atoms with Crippen molar-refractivity contribution in [1.29, 1.82) is 0 Å². The molecule has 0 bridgehead atoms. The van der Waals surface area contributed by atoms with Crippen LogP contribution in [0.2, 0.25) is 5.02 Å². The lowest BCUT2D eigenvalue weighted by Crippen LogP contribution is -2.55. The minimum atomic E-state index is -0.784. The molecule has 2 aromatic carbocycles. The molecule has 3 aromatic rings. The molecule has 5 amide bonds. The minimum Gasteiger partial charge on any atom is -0.360 e. The van der Waals surface area contributed by atoms with Crippen molar-refractivity contribution in [3.8, 4) is 0 Å². The van der Waals surface area contributed by atoms with E-state index in [0.29, 0.717) is 41.3 Å². The molecule has 2 atom stereocenters. The van der Waals surface area contributed by atoms with Crippen LogP contribution in [0.15, 0.2) is 48.7 Å². The Bertz CT molecular complexity index is 1420. The molecule has 0 unspecified atom stereocenters. The number of amides is 5. The summed E-state index contributed by atoms with van der Waals surface area (Å²) in [5.41, 5.74) is 2.25. The van der Waals surface area contributed by atoms with Crippen LogP contribution in [-0.2, 0) is 9.59 Å². The van der Waals surface area contributed by atoms with E-state index in [9.17, 15) is 19.2 Å². The second-order valence-corrected chi connectivity index (χ2v) is 10.3. The average Bonchev–Trinajstić information content (AvgIpc) is 3.39. The van der Waals surface area contributed by atoms with Crippen LogP contribution in [0.3, 0.4) is 0 Å². The van der Waals surface area contributed by atoms with Gasteiger partial charge in [-0.3, -0.25) is 14.4 Å². The van der Waals surface area contributed by atoms with Crippen molar-refractivity contribution in [2.24, 2.45) is 0 Å². The summed E-state index contributed by atoms with van der Waals surface area (Å²) in [5, 5.41) is 4.37. The molecule has 198 valence electrons. The third kappa shape index (κ3) is 4.61. The van der Waals surface area contributed by atoms with Gasteiger partial charge in [0, 0.05) is 41.9 Å². The number of fused-ring (bicyclic) bond motifs is 2. The van der Waals surface area contributed by atoms with E-state index >= 15 is 0 Å². The summed E-state index contributed by atoms with van der Waals surface area (Å²) in [6, 6.07) is 10.2. The van der Waals surface area contributed by atoms with E-state index in [1.807, 2.05) is 14.1 Å². The first-order chi connectivity index (χ1) is 18.2. The lowest BCUT2D eigenvalue weighted by Gasteiger charge is -2.34. The highest BCUT2D eigenvalue weighted by molar-refractivity contribution is 6.35. The zero-order valence-electron chi connectivity index (χ0n) is 21.4. The molecule has 0 spiro atoms. The quantitative estimate of drug-likeness (QED) is 0.471. The standard InChI is InChI=1S/C27H29ClN6O4/c1-31(2)15-23(35)32(3)17-7-9-18(10-8-17)34-26(37)24-21(5-4-12-33(24)27(34)38)30-25(36)16-6-11-19-20(28)14-29-22(19)13-16/h6-11,13-14,21,24,29H,4-5,12,15H2,1-3H3,(H,30,36)/t21-,24+/m1/s1. The zero-order valence-corrected chi connectivity index (χ0v) is 22.2. The van der Waals surface area contributed by atoms with Crippen LogP contribution in [-0.4, -0.2) is 84.9 Å². The number of carbonyl (C=O) groups is 4.